The van der Waals surface area contributed by atoms with Gasteiger partial charge in [-0.1, -0.05) is 157 Å². The Morgan fingerprint density at radius 3 is 1.21 bits per heavy atom. The van der Waals surface area contributed by atoms with Crippen molar-refractivity contribution < 1.29 is 23.3 Å². The van der Waals surface area contributed by atoms with Crippen LogP contribution in [-0.2, 0) is 49.0 Å². The molecule has 0 heterocycles. The molecule has 0 amide bonds. The molecule has 0 atom stereocenters. The molecule has 0 unspecified atom stereocenters. The van der Waals surface area contributed by atoms with Gasteiger partial charge in [0.1, 0.15) is 0 Å². The Kier molecular flexibility index (Phi) is 23.8. The van der Waals surface area contributed by atoms with Crippen molar-refractivity contribution in [2.75, 3.05) is 0 Å². The molecular weight excluding hydrogens is 815 g/mol. The van der Waals surface area contributed by atoms with Crippen molar-refractivity contribution in [1.29, 1.82) is 0 Å². The van der Waals surface area contributed by atoms with Gasteiger partial charge >= 0.3 is 30.2 Å². The van der Waals surface area contributed by atoms with Gasteiger partial charge in [0.2, 0.25) is 0 Å². The second-order valence-corrected chi connectivity index (χ2v) is 15.4. The second kappa shape index (κ2) is 26.7. The van der Waals surface area contributed by atoms with E-state index in [1.54, 1.807) is 0 Å². The summed E-state index contributed by atoms with van der Waals surface area (Å²) in [5.74, 6) is 1.81. The van der Waals surface area contributed by atoms with Crippen LogP contribution in [0, 0.1) is 26.2 Å². The normalized spacial score (nSPS) is 14.0. The molecule has 2 aliphatic carbocycles. The summed E-state index contributed by atoms with van der Waals surface area (Å²) in [4.78, 5) is 0. The van der Waals surface area contributed by atoms with Gasteiger partial charge in [-0.15, -0.1) is 93.9 Å². The van der Waals surface area contributed by atoms with Gasteiger partial charge in [-0.2, -0.15) is 18.6 Å². The molecule has 2 saturated carbocycles. The third kappa shape index (κ3) is 14.0. The molecule has 0 N–H and O–H groups in total. The van der Waals surface area contributed by atoms with Crippen LogP contribution in [-0.4, -0.2) is 6.88 Å². The van der Waals surface area contributed by atoms with E-state index >= 15 is 0 Å². The summed E-state index contributed by atoms with van der Waals surface area (Å²) in [5.41, 5.74) is 11.3. The van der Waals surface area contributed by atoms with Crippen LogP contribution in [0.3, 0.4) is 0 Å². The van der Waals surface area contributed by atoms with Crippen molar-refractivity contribution in [3.8, 4) is 22.3 Å². The van der Waals surface area contributed by atoms with Crippen molar-refractivity contribution in [2.24, 2.45) is 11.8 Å². The average molecular weight is 881 g/mol. The molecule has 6 aromatic rings. The standard InChI is InChI=1S/2C24H27.C3H7.CH3.2ClH.Si.Zr/c2*1-2-18-11-13-21(14-12-18)23-10-6-9-22-16-20(17-24(22)23)15-19-7-4-3-5-8-19;1-3-2;;;;;/h2*6,9-14,16-17,19H,2-5,7-8,15H2,1H3;1,3H2,2H3;1H3;2*1H;;/q4*-1;;;;. The molecule has 2 fully saturated rings. The number of benzene rings is 4. The van der Waals surface area contributed by atoms with Gasteiger partial charge < -0.3 is 14.4 Å². The average Bonchev–Trinajstić information content (AvgIpc) is 3.83. The van der Waals surface area contributed by atoms with Crippen molar-refractivity contribution >= 4 is 53.2 Å². The molecule has 0 saturated heterocycles. The monoisotopic (exact) mass is 878 g/mol. The number of hydrogen-bond donors (Lipinski definition) is 0. The maximum atomic E-state index is 3.49. The Balaban J connectivity index is 0.000000331. The molecule has 0 nitrogen and oxygen atoms in total. The summed E-state index contributed by atoms with van der Waals surface area (Å²) in [7, 11) is 0. The first-order valence-electron chi connectivity index (χ1n) is 20.7. The minimum absolute atomic E-state index is 0. The summed E-state index contributed by atoms with van der Waals surface area (Å²) in [6, 6.07) is 41.4. The van der Waals surface area contributed by atoms with Gasteiger partial charge in [0.15, 0.2) is 0 Å². The number of fused-ring (bicyclic) bond motifs is 2. The van der Waals surface area contributed by atoms with Gasteiger partial charge in [0.25, 0.3) is 0 Å². The fraction of sp³-hybridized carbons (Fsp3) is 0.385. The summed E-state index contributed by atoms with van der Waals surface area (Å²) in [5, 5.41) is 5.65. The van der Waals surface area contributed by atoms with Crippen LogP contribution in [0.1, 0.15) is 114 Å². The predicted octanol–water partition coefficient (Wildman–Crippen LogP) is 16.0. The van der Waals surface area contributed by atoms with Gasteiger partial charge in [-0.3, -0.25) is 0 Å². The van der Waals surface area contributed by atoms with E-state index in [4.69, 9.17) is 0 Å². The van der Waals surface area contributed by atoms with Crippen LogP contribution in [0.25, 0.3) is 43.8 Å². The van der Waals surface area contributed by atoms with Gasteiger partial charge in [-0.05, 0) is 59.8 Å². The molecule has 6 aromatic carbocycles. The van der Waals surface area contributed by atoms with Crippen molar-refractivity contribution in [3.05, 3.63) is 146 Å². The van der Waals surface area contributed by atoms with Crippen LogP contribution >= 0.6 is 24.8 Å². The van der Waals surface area contributed by atoms with E-state index in [2.05, 4.69) is 137 Å². The van der Waals surface area contributed by atoms with Crippen LogP contribution < -0.4 is 0 Å². The van der Waals surface area contributed by atoms with E-state index < -0.39 is 0 Å². The van der Waals surface area contributed by atoms with Crippen LogP contribution in [0.5, 0.6) is 0 Å². The maximum absolute atomic E-state index is 3.49. The number of halogens is 2. The number of rotatable bonds is 8. The summed E-state index contributed by atoms with van der Waals surface area (Å²) in [6.45, 7) is 13.0. The molecular formula is C52H66Cl2SiZr-4. The van der Waals surface area contributed by atoms with Crippen LogP contribution in [0.4, 0.5) is 0 Å². The zero-order chi connectivity index (χ0) is 37.4. The fourth-order valence-corrected chi connectivity index (χ4v) is 8.62. The predicted molar refractivity (Wildman–Crippen MR) is 252 cm³/mol. The Hall–Kier alpha value is -2.22. The third-order valence-corrected chi connectivity index (χ3v) is 11.5. The van der Waals surface area contributed by atoms with Crippen molar-refractivity contribution in [1.82, 2.24) is 0 Å². The second-order valence-electron chi connectivity index (χ2n) is 15.4. The Morgan fingerprint density at radius 2 is 0.893 bits per heavy atom. The van der Waals surface area contributed by atoms with Gasteiger partial charge in [-0.25, -0.2) is 0 Å². The number of aryl methyl sites for hydroxylation is 2. The third-order valence-electron chi connectivity index (χ3n) is 11.5. The molecule has 0 aliphatic heterocycles. The van der Waals surface area contributed by atoms with Gasteiger partial charge in [0.05, 0.1) is 0 Å². The topological polar surface area (TPSA) is 0 Å². The molecule has 8 rings (SSSR count). The van der Waals surface area contributed by atoms with Crippen LogP contribution in [0.2, 0.25) is 0 Å². The first-order chi connectivity index (χ1) is 26.1. The minimum atomic E-state index is 0. The molecule has 4 heteroatoms. The Bertz CT molecular complexity index is 1800. The SMILES string of the molecule is CCc1ccc(-c2cccc3[cH-]c(CC4CCCCC4)cc23)cc1.CCc1ccc(-c2cccc3[cH-]c(CC4CCCCC4)cc23)cc1.Cl.Cl.[CH2-]CC.[CH3-].[Si]=[Zr]. The first-order valence-corrected chi connectivity index (χ1v) is 24.9. The Labute approximate surface area is 370 Å². The van der Waals surface area contributed by atoms with Crippen molar-refractivity contribution in [3.63, 3.8) is 0 Å². The van der Waals surface area contributed by atoms with Gasteiger partial charge in [0, 0.05) is 0 Å². The fourth-order valence-electron chi connectivity index (χ4n) is 8.62. The summed E-state index contributed by atoms with van der Waals surface area (Å²) < 4.78 is 0. The zero-order valence-corrected chi connectivity index (χ0v) is 39.8. The van der Waals surface area contributed by atoms with E-state index in [1.807, 2.05) is 6.92 Å². The summed E-state index contributed by atoms with van der Waals surface area (Å²) in [6.07, 6.45) is 20.0. The molecule has 0 spiro atoms. The first kappa shape index (κ1) is 49.9. The van der Waals surface area contributed by atoms with E-state index in [0.717, 1.165) is 31.1 Å². The molecule has 0 bridgehead atoms. The molecule has 2 radical (unpaired) electrons. The molecule has 56 heavy (non-hydrogen) atoms. The molecule has 300 valence electrons. The van der Waals surface area contributed by atoms with E-state index in [1.165, 1.54) is 166 Å². The molecule has 0 aromatic heterocycles. The Morgan fingerprint density at radius 1 is 0.554 bits per heavy atom. The molecule has 2 aliphatic rings. The van der Waals surface area contributed by atoms with E-state index in [0.29, 0.717) is 0 Å². The number of hydrogen-bond acceptors (Lipinski definition) is 0. The van der Waals surface area contributed by atoms with E-state index in [-0.39, 0.29) is 32.2 Å². The summed E-state index contributed by atoms with van der Waals surface area (Å²) >= 11 is 1.36. The van der Waals surface area contributed by atoms with Crippen molar-refractivity contribution in [2.45, 2.75) is 117 Å². The van der Waals surface area contributed by atoms with E-state index in [9.17, 15) is 0 Å². The van der Waals surface area contributed by atoms with Crippen LogP contribution in [0.15, 0.2) is 109 Å². The quantitative estimate of drug-likeness (QED) is 0.106. The zero-order valence-electron chi connectivity index (χ0n) is 34.7.